The van der Waals surface area contributed by atoms with Crippen molar-refractivity contribution < 1.29 is 32.5 Å². The van der Waals surface area contributed by atoms with E-state index in [-0.39, 0.29) is 11.3 Å². The third-order valence-corrected chi connectivity index (χ3v) is 1.82. The van der Waals surface area contributed by atoms with Crippen molar-refractivity contribution in [1.29, 1.82) is 0 Å². The van der Waals surface area contributed by atoms with Gasteiger partial charge in [0.2, 0.25) is 0 Å². The van der Waals surface area contributed by atoms with Gasteiger partial charge in [0.25, 0.3) is 0 Å². The van der Waals surface area contributed by atoms with Gasteiger partial charge in [0.05, 0.1) is 5.97 Å². The first kappa shape index (κ1) is 15.1. The zero-order valence-corrected chi connectivity index (χ0v) is 10.5. The van der Waals surface area contributed by atoms with Crippen LogP contribution in [0.4, 0.5) is 13.2 Å². The first-order valence-electron chi connectivity index (χ1n) is 5.28. The molecule has 0 aromatic heterocycles. The van der Waals surface area contributed by atoms with E-state index >= 15 is 0 Å². The molecule has 4 nitrogen and oxygen atoms in total. The monoisotopic (exact) mass is 277 g/mol. The maximum absolute atomic E-state index is 12.2. The third kappa shape index (κ3) is 5.07. The summed E-state index contributed by atoms with van der Waals surface area (Å²) >= 11 is 0. The van der Waals surface area contributed by atoms with Gasteiger partial charge in [-0.1, -0.05) is 0 Å². The Labute approximate surface area is 107 Å². The number of carbonyl (C=O) groups excluding carboxylic acids is 1. The van der Waals surface area contributed by atoms with Gasteiger partial charge in [0.15, 0.2) is 11.5 Å². The number of halogens is 3. The second-order valence-corrected chi connectivity index (χ2v) is 4.71. The molecule has 0 unspecified atom stereocenters. The summed E-state index contributed by atoms with van der Waals surface area (Å²) in [7, 11) is 0. The summed E-state index contributed by atoms with van der Waals surface area (Å²) in [5.74, 6) is -2.43. The molecule has 7 heteroatoms. The smallest absolute Gasteiger partial charge is 0.545 e. The molecule has 0 aliphatic rings. The second-order valence-electron chi connectivity index (χ2n) is 4.71. The molecule has 0 bridgehead atoms. The fourth-order valence-electron chi connectivity index (χ4n) is 1.25. The number of rotatable bonds is 3. The number of ether oxygens (including phenoxy) is 2. The van der Waals surface area contributed by atoms with E-state index < -0.39 is 23.7 Å². The van der Waals surface area contributed by atoms with E-state index in [1.165, 1.54) is 0 Å². The summed E-state index contributed by atoms with van der Waals surface area (Å²) in [4.78, 5) is 10.7. The molecule has 106 valence electrons. The van der Waals surface area contributed by atoms with Gasteiger partial charge in [-0.25, -0.2) is 0 Å². The zero-order chi connectivity index (χ0) is 14.8. The Morgan fingerprint density at radius 2 is 1.68 bits per heavy atom. The predicted octanol–water partition coefficient (Wildman–Crippen LogP) is 2.13. The Hall–Kier alpha value is -1.92. The average molecular weight is 277 g/mol. The van der Waals surface area contributed by atoms with Gasteiger partial charge in [0, 0.05) is 5.56 Å². The Kier molecular flexibility index (Phi) is 3.97. The number of carbonyl (C=O) groups is 1. The molecule has 0 N–H and O–H groups in total. The quantitative estimate of drug-likeness (QED) is 0.849. The van der Waals surface area contributed by atoms with Gasteiger partial charge in [-0.15, -0.1) is 13.2 Å². The lowest BCUT2D eigenvalue weighted by atomic mass is 10.1. The van der Waals surface area contributed by atoms with E-state index in [1.54, 1.807) is 20.8 Å². The van der Waals surface area contributed by atoms with Gasteiger partial charge < -0.3 is 19.4 Å². The summed E-state index contributed by atoms with van der Waals surface area (Å²) in [5, 5.41) is 10.7. The maximum atomic E-state index is 12.2. The second kappa shape index (κ2) is 4.99. The van der Waals surface area contributed by atoms with Crippen molar-refractivity contribution in [3.05, 3.63) is 23.8 Å². The van der Waals surface area contributed by atoms with Crippen LogP contribution in [0.1, 0.15) is 31.1 Å². The molecule has 0 atom stereocenters. The van der Waals surface area contributed by atoms with Gasteiger partial charge in [-0.2, -0.15) is 0 Å². The minimum absolute atomic E-state index is 0.297. The standard InChI is InChI=1S/C12H13F3O4/c1-11(2,3)18-9-6-7(10(16)17)4-5-8(9)19-12(13,14)15/h4-6H,1-3H3,(H,16,17)/p-1. The van der Waals surface area contributed by atoms with E-state index in [4.69, 9.17) is 4.74 Å². The zero-order valence-electron chi connectivity index (χ0n) is 10.5. The normalized spacial score (nSPS) is 12.1. The van der Waals surface area contributed by atoms with E-state index in [0.717, 1.165) is 18.2 Å². The summed E-state index contributed by atoms with van der Waals surface area (Å²) in [6.07, 6.45) is -4.89. The SMILES string of the molecule is CC(C)(C)Oc1cc(C(=O)[O-])ccc1OC(F)(F)F. The van der Waals surface area contributed by atoms with E-state index in [2.05, 4.69) is 4.74 Å². The molecule has 0 aliphatic heterocycles. The molecule has 0 aliphatic carbocycles. The van der Waals surface area contributed by atoms with Crippen molar-refractivity contribution in [2.45, 2.75) is 32.7 Å². The molecule has 0 amide bonds. The first-order chi connectivity index (χ1) is 8.48. The predicted molar refractivity (Wildman–Crippen MR) is 57.8 cm³/mol. The van der Waals surface area contributed by atoms with Crippen LogP contribution < -0.4 is 14.6 Å². The molecular formula is C12H12F3O4-. The molecule has 0 saturated carbocycles. The van der Waals surface area contributed by atoms with Crippen LogP contribution in [0.25, 0.3) is 0 Å². The summed E-state index contributed by atoms with van der Waals surface area (Å²) < 4.78 is 45.6. The van der Waals surface area contributed by atoms with E-state index in [1.807, 2.05) is 0 Å². The van der Waals surface area contributed by atoms with Crippen LogP contribution in [0.3, 0.4) is 0 Å². The van der Waals surface area contributed by atoms with Gasteiger partial charge >= 0.3 is 6.36 Å². The van der Waals surface area contributed by atoms with Crippen LogP contribution >= 0.6 is 0 Å². The van der Waals surface area contributed by atoms with E-state index in [0.29, 0.717) is 0 Å². The van der Waals surface area contributed by atoms with Crippen LogP contribution in [0.15, 0.2) is 18.2 Å². The van der Waals surface area contributed by atoms with Crippen LogP contribution in [0, 0.1) is 0 Å². The lowest BCUT2D eigenvalue weighted by Crippen LogP contribution is -2.26. The number of aromatic carboxylic acids is 1. The van der Waals surface area contributed by atoms with Crippen molar-refractivity contribution in [2.24, 2.45) is 0 Å². The van der Waals surface area contributed by atoms with Crippen molar-refractivity contribution >= 4 is 5.97 Å². The minimum atomic E-state index is -4.89. The first-order valence-corrected chi connectivity index (χ1v) is 5.28. The summed E-state index contributed by atoms with van der Waals surface area (Å²) in [5.41, 5.74) is -1.11. The van der Waals surface area contributed by atoms with Crippen molar-refractivity contribution in [2.75, 3.05) is 0 Å². The minimum Gasteiger partial charge on any atom is -0.545 e. The number of carboxylic acid groups (broad SMARTS) is 1. The number of benzene rings is 1. The van der Waals surface area contributed by atoms with Gasteiger partial charge in [0.1, 0.15) is 5.60 Å². The molecule has 0 heterocycles. The molecule has 1 aromatic carbocycles. The number of hydrogen-bond donors (Lipinski definition) is 0. The van der Waals surface area contributed by atoms with Crippen LogP contribution in [-0.2, 0) is 0 Å². The topological polar surface area (TPSA) is 58.6 Å². The van der Waals surface area contributed by atoms with Gasteiger partial charge in [-0.05, 0) is 39.0 Å². The van der Waals surface area contributed by atoms with Gasteiger partial charge in [-0.3, -0.25) is 0 Å². The molecule has 1 aromatic rings. The summed E-state index contributed by atoms with van der Waals surface area (Å²) in [6.45, 7) is 4.82. The van der Waals surface area contributed by atoms with Crippen LogP contribution in [0.5, 0.6) is 11.5 Å². The largest absolute Gasteiger partial charge is 0.573 e. The Morgan fingerprint density at radius 3 is 2.11 bits per heavy atom. The molecule has 19 heavy (non-hydrogen) atoms. The van der Waals surface area contributed by atoms with Crippen LogP contribution in [0.2, 0.25) is 0 Å². The average Bonchev–Trinajstić information content (AvgIpc) is 2.15. The fourth-order valence-corrected chi connectivity index (χ4v) is 1.25. The van der Waals surface area contributed by atoms with E-state index in [9.17, 15) is 23.1 Å². The number of hydrogen-bond acceptors (Lipinski definition) is 4. The molecule has 1 rings (SSSR count). The molecule has 0 radical (unpaired) electrons. The molecular weight excluding hydrogens is 265 g/mol. The Bertz CT molecular complexity index is 475. The molecule has 0 saturated heterocycles. The Balaban J connectivity index is 3.19. The summed E-state index contributed by atoms with van der Waals surface area (Å²) in [6, 6.07) is 2.76. The highest BCUT2D eigenvalue weighted by molar-refractivity contribution is 5.86. The third-order valence-electron chi connectivity index (χ3n) is 1.82. The highest BCUT2D eigenvalue weighted by atomic mass is 19.4. The van der Waals surface area contributed by atoms with Crippen molar-refractivity contribution in [3.8, 4) is 11.5 Å². The number of carboxylic acids is 1. The number of alkyl halides is 3. The lowest BCUT2D eigenvalue weighted by Gasteiger charge is -2.24. The molecule has 0 spiro atoms. The maximum Gasteiger partial charge on any atom is 0.573 e. The lowest BCUT2D eigenvalue weighted by molar-refractivity contribution is -0.275. The molecule has 0 fully saturated rings. The highest BCUT2D eigenvalue weighted by Gasteiger charge is 2.33. The van der Waals surface area contributed by atoms with Crippen molar-refractivity contribution in [3.63, 3.8) is 0 Å². The fraction of sp³-hybridized carbons (Fsp3) is 0.417. The van der Waals surface area contributed by atoms with Crippen LogP contribution in [-0.4, -0.2) is 17.9 Å². The highest BCUT2D eigenvalue weighted by Crippen LogP contribution is 2.35. The Morgan fingerprint density at radius 1 is 1.11 bits per heavy atom. The van der Waals surface area contributed by atoms with Crippen molar-refractivity contribution in [1.82, 2.24) is 0 Å².